The summed E-state index contributed by atoms with van der Waals surface area (Å²) >= 11 is 0. The zero-order valence-corrected chi connectivity index (χ0v) is 11.9. The molecule has 1 heterocycles. The van der Waals surface area contributed by atoms with E-state index in [2.05, 4.69) is 16.3 Å². The summed E-state index contributed by atoms with van der Waals surface area (Å²) in [5, 5.41) is 23.1. The van der Waals surface area contributed by atoms with Gasteiger partial charge in [-0.15, -0.1) is 0 Å². The number of nitro benzene ring substituents is 1. The van der Waals surface area contributed by atoms with Gasteiger partial charge in [-0.2, -0.15) is 5.26 Å². The summed E-state index contributed by atoms with van der Waals surface area (Å²) in [6.07, 6.45) is -0.431. The monoisotopic (exact) mass is 290 g/mol. The Morgan fingerprint density at radius 3 is 3.10 bits per heavy atom. The number of nitriles is 1. The summed E-state index contributed by atoms with van der Waals surface area (Å²) < 4.78 is 5.31. The number of ether oxygens (including phenoxy) is 1. The van der Waals surface area contributed by atoms with Gasteiger partial charge in [0, 0.05) is 44.0 Å². The maximum Gasteiger partial charge on any atom is 0.269 e. The summed E-state index contributed by atoms with van der Waals surface area (Å²) in [5.41, 5.74) is 1.84. The van der Waals surface area contributed by atoms with Crippen LogP contribution in [0.4, 0.5) is 11.4 Å². The van der Waals surface area contributed by atoms with Crippen molar-refractivity contribution < 1.29 is 9.66 Å². The van der Waals surface area contributed by atoms with Crippen molar-refractivity contribution in [1.29, 1.82) is 5.26 Å². The van der Waals surface area contributed by atoms with Gasteiger partial charge in [0.25, 0.3) is 5.69 Å². The van der Waals surface area contributed by atoms with Crippen molar-refractivity contribution in [3.05, 3.63) is 33.9 Å². The maximum absolute atomic E-state index is 10.9. The minimum Gasteiger partial charge on any atom is -0.385 e. The van der Waals surface area contributed by atoms with E-state index in [1.54, 1.807) is 12.1 Å². The molecule has 1 atom stereocenters. The first-order chi connectivity index (χ1) is 10.1. The van der Waals surface area contributed by atoms with Crippen LogP contribution in [0.5, 0.6) is 0 Å². The van der Waals surface area contributed by atoms with E-state index in [0.29, 0.717) is 26.2 Å². The van der Waals surface area contributed by atoms with E-state index in [9.17, 15) is 10.1 Å². The average molecular weight is 290 g/mol. The van der Waals surface area contributed by atoms with Crippen LogP contribution in [-0.2, 0) is 11.3 Å². The standard InChI is InChI=1S/C14H18N4O3/c1-2-16-14-4-3-12(18(19)20)7-11(14)9-17-5-6-21-13(8-15)10-17/h3-4,7,13,16H,2,5-6,9-10H2,1H3. The first-order valence-corrected chi connectivity index (χ1v) is 6.88. The molecule has 1 aromatic rings. The third-order valence-corrected chi connectivity index (χ3v) is 3.36. The average Bonchev–Trinajstić information content (AvgIpc) is 2.49. The minimum absolute atomic E-state index is 0.0803. The predicted molar refractivity (Wildman–Crippen MR) is 77.9 cm³/mol. The third-order valence-electron chi connectivity index (χ3n) is 3.36. The summed E-state index contributed by atoms with van der Waals surface area (Å²) in [6, 6.07) is 6.93. The molecule has 2 rings (SSSR count). The van der Waals surface area contributed by atoms with Crippen LogP contribution >= 0.6 is 0 Å². The molecule has 1 unspecified atom stereocenters. The van der Waals surface area contributed by atoms with Crippen LogP contribution in [0.25, 0.3) is 0 Å². The lowest BCUT2D eigenvalue weighted by Crippen LogP contribution is -2.41. The van der Waals surface area contributed by atoms with Gasteiger partial charge >= 0.3 is 0 Å². The molecule has 1 saturated heterocycles. The molecule has 1 fully saturated rings. The molecule has 7 nitrogen and oxygen atoms in total. The van der Waals surface area contributed by atoms with E-state index in [0.717, 1.165) is 17.8 Å². The third kappa shape index (κ3) is 3.90. The predicted octanol–water partition coefficient (Wildman–Crippen LogP) is 1.75. The normalized spacial score (nSPS) is 19.0. The Kier molecular flexibility index (Phi) is 5.09. The lowest BCUT2D eigenvalue weighted by molar-refractivity contribution is -0.384. The van der Waals surface area contributed by atoms with Crippen LogP contribution < -0.4 is 5.32 Å². The molecule has 1 N–H and O–H groups in total. The van der Waals surface area contributed by atoms with Crippen molar-refractivity contribution >= 4 is 11.4 Å². The zero-order chi connectivity index (χ0) is 15.2. The summed E-state index contributed by atoms with van der Waals surface area (Å²) in [6.45, 7) is 5.02. The van der Waals surface area contributed by atoms with Crippen LogP contribution in [0.15, 0.2) is 18.2 Å². The second-order valence-electron chi connectivity index (χ2n) is 4.85. The summed E-state index contributed by atoms with van der Waals surface area (Å²) in [4.78, 5) is 12.6. The quantitative estimate of drug-likeness (QED) is 0.656. The lowest BCUT2D eigenvalue weighted by Gasteiger charge is -2.30. The number of hydrogen-bond donors (Lipinski definition) is 1. The summed E-state index contributed by atoms with van der Waals surface area (Å²) in [5.74, 6) is 0. The Hall–Kier alpha value is -2.17. The number of morpholine rings is 1. The highest BCUT2D eigenvalue weighted by Crippen LogP contribution is 2.24. The van der Waals surface area contributed by atoms with E-state index in [1.165, 1.54) is 6.07 Å². The smallest absolute Gasteiger partial charge is 0.269 e. The topological polar surface area (TPSA) is 91.4 Å². The van der Waals surface area contributed by atoms with Gasteiger partial charge in [-0.25, -0.2) is 0 Å². The molecule has 0 saturated carbocycles. The Morgan fingerprint density at radius 1 is 1.62 bits per heavy atom. The number of nitro groups is 1. The van der Waals surface area contributed by atoms with Crippen LogP contribution in [0, 0.1) is 21.4 Å². The Bertz CT molecular complexity index is 556. The molecule has 0 aromatic heterocycles. The minimum atomic E-state index is -0.431. The van der Waals surface area contributed by atoms with E-state index in [4.69, 9.17) is 10.00 Å². The Morgan fingerprint density at radius 2 is 2.43 bits per heavy atom. The highest BCUT2D eigenvalue weighted by Gasteiger charge is 2.21. The maximum atomic E-state index is 10.9. The first-order valence-electron chi connectivity index (χ1n) is 6.88. The van der Waals surface area contributed by atoms with Crippen molar-refractivity contribution in [2.75, 3.05) is 31.6 Å². The second kappa shape index (κ2) is 7.02. The Balaban J connectivity index is 2.18. The van der Waals surface area contributed by atoms with Crippen molar-refractivity contribution in [2.45, 2.75) is 19.6 Å². The van der Waals surface area contributed by atoms with Gasteiger partial charge in [0.05, 0.1) is 17.6 Å². The molecule has 1 aromatic carbocycles. The van der Waals surface area contributed by atoms with Crippen LogP contribution in [-0.4, -0.2) is 42.2 Å². The van der Waals surface area contributed by atoms with Crippen molar-refractivity contribution in [2.24, 2.45) is 0 Å². The molecule has 0 spiro atoms. The van der Waals surface area contributed by atoms with Crippen molar-refractivity contribution in [1.82, 2.24) is 4.90 Å². The van der Waals surface area contributed by atoms with E-state index < -0.39 is 11.0 Å². The van der Waals surface area contributed by atoms with Crippen molar-refractivity contribution in [3.8, 4) is 6.07 Å². The van der Waals surface area contributed by atoms with Gasteiger partial charge in [0.1, 0.15) is 0 Å². The SMILES string of the molecule is CCNc1ccc([N+](=O)[O-])cc1CN1CCOC(C#N)C1. The molecular weight excluding hydrogens is 272 g/mol. The number of benzene rings is 1. The van der Waals surface area contributed by atoms with Crippen LogP contribution in [0.3, 0.4) is 0 Å². The van der Waals surface area contributed by atoms with Gasteiger partial charge in [-0.05, 0) is 18.6 Å². The molecule has 21 heavy (non-hydrogen) atoms. The molecule has 0 aliphatic carbocycles. The van der Waals surface area contributed by atoms with Crippen molar-refractivity contribution in [3.63, 3.8) is 0 Å². The Labute approximate surface area is 123 Å². The molecule has 0 radical (unpaired) electrons. The van der Waals surface area contributed by atoms with Gasteiger partial charge < -0.3 is 10.1 Å². The highest BCUT2D eigenvalue weighted by atomic mass is 16.6. The number of hydrogen-bond acceptors (Lipinski definition) is 6. The van der Waals surface area contributed by atoms with E-state index in [1.807, 2.05) is 6.92 Å². The van der Waals surface area contributed by atoms with E-state index >= 15 is 0 Å². The fourth-order valence-corrected chi connectivity index (χ4v) is 2.35. The van der Waals surface area contributed by atoms with Gasteiger partial charge in [0.15, 0.2) is 6.10 Å². The van der Waals surface area contributed by atoms with E-state index in [-0.39, 0.29) is 5.69 Å². The van der Waals surface area contributed by atoms with Gasteiger partial charge in [-0.3, -0.25) is 15.0 Å². The largest absolute Gasteiger partial charge is 0.385 e. The highest BCUT2D eigenvalue weighted by molar-refractivity contribution is 5.56. The lowest BCUT2D eigenvalue weighted by atomic mass is 10.1. The molecule has 112 valence electrons. The summed E-state index contributed by atoms with van der Waals surface area (Å²) in [7, 11) is 0. The number of nitrogens with zero attached hydrogens (tertiary/aromatic N) is 3. The van der Waals surface area contributed by atoms with Gasteiger partial charge in [0.2, 0.25) is 0 Å². The van der Waals surface area contributed by atoms with Crippen LogP contribution in [0.2, 0.25) is 0 Å². The number of rotatable bonds is 5. The molecule has 1 aliphatic heterocycles. The fourth-order valence-electron chi connectivity index (χ4n) is 2.35. The molecule has 1 aliphatic rings. The fraction of sp³-hybridized carbons (Fsp3) is 0.500. The molecule has 0 bridgehead atoms. The number of non-ortho nitro benzene ring substituents is 1. The molecule has 7 heteroatoms. The molecule has 0 amide bonds. The zero-order valence-electron chi connectivity index (χ0n) is 11.9. The number of nitrogens with one attached hydrogen (secondary N) is 1. The molecular formula is C14H18N4O3. The second-order valence-corrected chi connectivity index (χ2v) is 4.85. The van der Waals surface area contributed by atoms with Gasteiger partial charge in [-0.1, -0.05) is 0 Å². The van der Waals surface area contributed by atoms with Crippen LogP contribution in [0.1, 0.15) is 12.5 Å². The first kappa shape index (κ1) is 15.2. The number of anilines is 1.